The molecular formula is C10H10BrClO. The average Bonchev–Trinajstić information content (AvgIpc) is 2.03. The maximum atomic E-state index is 10.8. The fraction of sp³-hybridized carbons (Fsp3) is 0.300. The molecule has 0 N–H and O–H groups in total. The molecule has 0 radical (unpaired) electrons. The van der Waals surface area contributed by atoms with Gasteiger partial charge >= 0.3 is 0 Å². The number of halogens is 2. The summed E-state index contributed by atoms with van der Waals surface area (Å²) in [6.45, 7) is 1.58. The molecule has 3 heteroatoms. The fourth-order valence-corrected chi connectivity index (χ4v) is 2.02. The zero-order chi connectivity index (χ0) is 9.84. The summed E-state index contributed by atoms with van der Waals surface area (Å²) in [4.78, 5) is 10.8. The van der Waals surface area contributed by atoms with E-state index in [1.165, 1.54) is 0 Å². The van der Waals surface area contributed by atoms with Gasteiger partial charge in [0.05, 0.1) is 0 Å². The second kappa shape index (κ2) is 4.77. The number of ketones is 1. The Balaban J connectivity index is 2.89. The van der Waals surface area contributed by atoms with Crippen molar-refractivity contribution in [3.8, 4) is 0 Å². The van der Waals surface area contributed by atoms with Crippen molar-refractivity contribution in [3.05, 3.63) is 34.3 Å². The molecule has 0 spiro atoms. The van der Waals surface area contributed by atoms with E-state index in [1.54, 1.807) is 6.92 Å². The van der Waals surface area contributed by atoms with Crippen molar-refractivity contribution < 1.29 is 4.79 Å². The highest BCUT2D eigenvalue weighted by Gasteiger charge is 2.02. The SMILES string of the molecule is CC(=O)Cc1ccc(CBr)c(Cl)c1. The number of benzene rings is 1. The van der Waals surface area contributed by atoms with Gasteiger partial charge in [-0.1, -0.05) is 39.7 Å². The first-order valence-electron chi connectivity index (χ1n) is 3.96. The fourth-order valence-electron chi connectivity index (χ4n) is 1.10. The Kier molecular flexibility index (Phi) is 3.94. The van der Waals surface area contributed by atoms with Gasteiger partial charge in [-0.25, -0.2) is 0 Å². The summed E-state index contributed by atoms with van der Waals surface area (Å²) in [5.74, 6) is 0.155. The molecule has 13 heavy (non-hydrogen) atoms. The minimum absolute atomic E-state index is 0.155. The van der Waals surface area contributed by atoms with Gasteiger partial charge in [0.2, 0.25) is 0 Å². The van der Waals surface area contributed by atoms with E-state index in [2.05, 4.69) is 15.9 Å². The van der Waals surface area contributed by atoms with Gasteiger partial charge in [0.25, 0.3) is 0 Å². The Labute approximate surface area is 91.2 Å². The van der Waals surface area contributed by atoms with Crippen molar-refractivity contribution in [2.45, 2.75) is 18.7 Å². The van der Waals surface area contributed by atoms with Crippen molar-refractivity contribution in [1.82, 2.24) is 0 Å². The zero-order valence-electron chi connectivity index (χ0n) is 7.31. The molecule has 0 atom stereocenters. The number of hydrogen-bond donors (Lipinski definition) is 0. The molecule has 0 aliphatic heterocycles. The number of hydrogen-bond acceptors (Lipinski definition) is 1. The predicted molar refractivity (Wildman–Crippen MR) is 58.5 cm³/mol. The highest BCUT2D eigenvalue weighted by molar-refractivity contribution is 9.08. The van der Waals surface area contributed by atoms with Crippen molar-refractivity contribution >= 4 is 33.3 Å². The molecule has 0 bridgehead atoms. The molecule has 1 aromatic rings. The predicted octanol–water partition coefficient (Wildman–Crippen LogP) is 3.37. The molecule has 1 nitrogen and oxygen atoms in total. The molecule has 0 fully saturated rings. The summed E-state index contributed by atoms with van der Waals surface area (Å²) >= 11 is 9.30. The third kappa shape index (κ3) is 3.12. The van der Waals surface area contributed by atoms with Gasteiger partial charge in [0.15, 0.2) is 0 Å². The highest BCUT2D eigenvalue weighted by atomic mass is 79.9. The summed E-state index contributed by atoms with van der Waals surface area (Å²) in [5.41, 5.74) is 2.02. The molecule has 0 amide bonds. The van der Waals surface area contributed by atoms with E-state index in [-0.39, 0.29) is 5.78 Å². The smallest absolute Gasteiger partial charge is 0.134 e. The molecule has 70 valence electrons. The lowest BCUT2D eigenvalue weighted by molar-refractivity contribution is -0.116. The van der Waals surface area contributed by atoms with E-state index in [4.69, 9.17) is 11.6 Å². The summed E-state index contributed by atoms with van der Waals surface area (Å²) in [6.07, 6.45) is 0.461. The minimum atomic E-state index is 0.155. The highest BCUT2D eigenvalue weighted by Crippen LogP contribution is 2.20. The van der Waals surface area contributed by atoms with E-state index in [9.17, 15) is 4.79 Å². The first-order valence-corrected chi connectivity index (χ1v) is 5.46. The van der Waals surface area contributed by atoms with Crippen LogP contribution in [0, 0.1) is 0 Å². The molecule has 0 aromatic heterocycles. The summed E-state index contributed by atoms with van der Waals surface area (Å²) < 4.78 is 0. The molecule has 0 unspecified atom stereocenters. The van der Waals surface area contributed by atoms with Crippen molar-refractivity contribution in [1.29, 1.82) is 0 Å². The molecule has 0 saturated heterocycles. The Hall–Kier alpha value is -0.340. The zero-order valence-corrected chi connectivity index (χ0v) is 9.65. The van der Waals surface area contributed by atoms with Gasteiger partial charge in [-0.3, -0.25) is 4.79 Å². The summed E-state index contributed by atoms with van der Waals surface area (Å²) in [7, 11) is 0. The van der Waals surface area contributed by atoms with Crippen LogP contribution in [0.1, 0.15) is 18.1 Å². The molecule has 1 aromatic carbocycles. The quantitative estimate of drug-likeness (QED) is 0.763. The lowest BCUT2D eigenvalue weighted by Gasteiger charge is -2.02. The number of carbonyl (C=O) groups excluding carboxylic acids is 1. The molecular weight excluding hydrogens is 251 g/mol. The Morgan fingerprint density at radius 2 is 2.23 bits per heavy atom. The molecule has 0 saturated carbocycles. The minimum Gasteiger partial charge on any atom is -0.300 e. The third-order valence-electron chi connectivity index (χ3n) is 1.71. The van der Waals surface area contributed by atoms with Crippen molar-refractivity contribution in [2.24, 2.45) is 0 Å². The van der Waals surface area contributed by atoms with Crippen LogP contribution in [0.5, 0.6) is 0 Å². The van der Waals surface area contributed by atoms with Crippen molar-refractivity contribution in [3.63, 3.8) is 0 Å². The van der Waals surface area contributed by atoms with Crippen LogP contribution in [0.15, 0.2) is 18.2 Å². The van der Waals surface area contributed by atoms with E-state index < -0.39 is 0 Å². The number of carbonyl (C=O) groups is 1. The van der Waals surface area contributed by atoms with Crippen LogP contribution >= 0.6 is 27.5 Å². The average molecular weight is 262 g/mol. The van der Waals surface area contributed by atoms with E-state index in [0.717, 1.165) is 21.5 Å². The lowest BCUT2D eigenvalue weighted by Crippen LogP contribution is -1.96. The Bertz CT molecular complexity index is 323. The van der Waals surface area contributed by atoms with E-state index in [1.807, 2.05) is 18.2 Å². The maximum Gasteiger partial charge on any atom is 0.134 e. The van der Waals surface area contributed by atoms with Crippen LogP contribution in [0.2, 0.25) is 5.02 Å². The maximum absolute atomic E-state index is 10.8. The number of Topliss-reactive ketones (excluding diaryl/α,β-unsaturated/α-hetero) is 1. The van der Waals surface area contributed by atoms with Crippen molar-refractivity contribution in [2.75, 3.05) is 0 Å². The monoisotopic (exact) mass is 260 g/mol. The summed E-state index contributed by atoms with van der Waals surface area (Å²) in [6, 6.07) is 5.72. The number of alkyl halides is 1. The largest absolute Gasteiger partial charge is 0.300 e. The first kappa shape index (κ1) is 10.7. The van der Waals surface area contributed by atoms with Crippen LogP contribution in [0.4, 0.5) is 0 Å². The van der Waals surface area contributed by atoms with Crippen LogP contribution in [-0.4, -0.2) is 5.78 Å². The van der Waals surface area contributed by atoms with E-state index in [0.29, 0.717) is 6.42 Å². The second-order valence-electron chi connectivity index (χ2n) is 2.94. The van der Waals surface area contributed by atoms with Crippen LogP contribution in [-0.2, 0) is 16.5 Å². The normalized spacial score (nSPS) is 10.1. The number of rotatable bonds is 3. The van der Waals surface area contributed by atoms with Crippen LogP contribution in [0.3, 0.4) is 0 Å². The molecule has 0 aliphatic rings. The molecule has 1 rings (SSSR count). The van der Waals surface area contributed by atoms with Gasteiger partial charge in [0.1, 0.15) is 5.78 Å². The van der Waals surface area contributed by atoms with Crippen LogP contribution < -0.4 is 0 Å². The Morgan fingerprint density at radius 3 is 2.69 bits per heavy atom. The third-order valence-corrected chi connectivity index (χ3v) is 2.67. The standard InChI is InChI=1S/C10H10BrClO/c1-7(13)4-8-2-3-9(6-11)10(12)5-8/h2-3,5H,4,6H2,1H3. The first-order chi connectivity index (χ1) is 6.13. The lowest BCUT2D eigenvalue weighted by atomic mass is 10.1. The topological polar surface area (TPSA) is 17.1 Å². The summed E-state index contributed by atoms with van der Waals surface area (Å²) in [5, 5.41) is 1.46. The second-order valence-corrected chi connectivity index (χ2v) is 3.91. The van der Waals surface area contributed by atoms with Gasteiger partial charge in [0, 0.05) is 16.8 Å². The van der Waals surface area contributed by atoms with Gasteiger partial charge in [-0.15, -0.1) is 0 Å². The van der Waals surface area contributed by atoms with Gasteiger partial charge < -0.3 is 0 Å². The Morgan fingerprint density at radius 1 is 1.54 bits per heavy atom. The van der Waals surface area contributed by atoms with Crippen LogP contribution in [0.25, 0.3) is 0 Å². The van der Waals surface area contributed by atoms with E-state index >= 15 is 0 Å². The molecule has 0 heterocycles. The van der Waals surface area contributed by atoms with Gasteiger partial charge in [-0.2, -0.15) is 0 Å². The van der Waals surface area contributed by atoms with Gasteiger partial charge in [-0.05, 0) is 24.1 Å². The molecule has 0 aliphatic carbocycles.